The van der Waals surface area contributed by atoms with Gasteiger partial charge in [-0.2, -0.15) is 0 Å². The van der Waals surface area contributed by atoms with Crippen molar-refractivity contribution in [2.75, 3.05) is 25.0 Å². The van der Waals surface area contributed by atoms with Crippen LogP contribution in [0.5, 0.6) is 0 Å². The maximum Gasteiger partial charge on any atom is 0.251 e. The Bertz CT molecular complexity index is 788. The van der Waals surface area contributed by atoms with Crippen LogP contribution in [-0.4, -0.2) is 42.5 Å². The first-order chi connectivity index (χ1) is 13.2. The number of furan rings is 1. The van der Waals surface area contributed by atoms with Crippen molar-refractivity contribution in [1.82, 2.24) is 4.90 Å². The van der Waals surface area contributed by atoms with E-state index in [1.165, 1.54) is 0 Å². The van der Waals surface area contributed by atoms with Crippen molar-refractivity contribution in [3.63, 3.8) is 0 Å². The Morgan fingerprint density at radius 3 is 2.63 bits per heavy atom. The van der Waals surface area contributed by atoms with Crippen molar-refractivity contribution in [3.05, 3.63) is 42.7 Å². The largest absolute Gasteiger partial charge is 0.464 e. The zero-order valence-electron chi connectivity index (χ0n) is 15.2. The molecule has 0 aliphatic carbocycles. The number of anilines is 1. The molecule has 2 fully saturated rings. The number of rotatable bonds is 4. The molecule has 6 heteroatoms. The standard InChI is InChI=1S/C21H24N2O4/c24-20(22-17-5-1-4-16(14-17)18-6-2-12-26-18)15-8-10-23(11-9-15)21(25)19-7-3-13-27-19/h1-2,4-6,12,14-15,19H,3,7-11,13H2,(H,22,24). The molecule has 2 aliphatic heterocycles. The summed E-state index contributed by atoms with van der Waals surface area (Å²) in [4.78, 5) is 26.9. The summed E-state index contributed by atoms with van der Waals surface area (Å²) in [6, 6.07) is 11.4. The highest BCUT2D eigenvalue weighted by atomic mass is 16.5. The van der Waals surface area contributed by atoms with Crippen molar-refractivity contribution < 1.29 is 18.7 Å². The van der Waals surface area contributed by atoms with Crippen LogP contribution in [0.3, 0.4) is 0 Å². The van der Waals surface area contributed by atoms with Gasteiger partial charge in [0.05, 0.1) is 6.26 Å². The molecule has 1 unspecified atom stereocenters. The monoisotopic (exact) mass is 368 g/mol. The van der Waals surface area contributed by atoms with Gasteiger partial charge in [0.25, 0.3) is 5.91 Å². The van der Waals surface area contributed by atoms with Gasteiger partial charge in [-0.1, -0.05) is 12.1 Å². The van der Waals surface area contributed by atoms with E-state index < -0.39 is 0 Å². The van der Waals surface area contributed by atoms with Crippen LogP contribution >= 0.6 is 0 Å². The number of hydrogen-bond acceptors (Lipinski definition) is 4. The van der Waals surface area contributed by atoms with Crippen LogP contribution in [0.1, 0.15) is 25.7 Å². The molecule has 1 atom stereocenters. The first-order valence-electron chi connectivity index (χ1n) is 9.56. The van der Waals surface area contributed by atoms with Gasteiger partial charge in [0.15, 0.2) is 0 Å². The lowest BCUT2D eigenvalue weighted by Crippen LogP contribution is -2.45. The van der Waals surface area contributed by atoms with E-state index in [4.69, 9.17) is 9.15 Å². The topological polar surface area (TPSA) is 71.8 Å². The summed E-state index contributed by atoms with van der Waals surface area (Å²) in [7, 11) is 0. The quantitative estimate of drug-likeness (QED) is 0.899. The minimum atomic E-state index is -0.278. The number of nitrogens with one attached hydrogen (secondary N) is 1. The molecule has 1 aromatic heterocycles. The van der Waals surface area contributed by atoms with E-state index in [0.29, 0.717) is 32.5 Å². The first kappa shape index (κ1) is 17.8. The molecule has 2 aromatic rings. The van der Waals surface area contributed by atoms with Crippen LogP contribution in [0, 0.1) is 5.92 Å². The number of hydrogen-bond donors (Lipinski definition) is 1. The predicted octanol–water partition coefficient (Wildman–Crippen LogP) is 3.30. The maximum absolute atomic E-state index is 12.6. The highest BCUT2D eigenvalue weighted by Gasteiger charge is 2.32. The number of amides is 2. The van der Waals surface area contributed by atoms with Gasteiger partial charge in [-0.05, 0) is 49.9 Å². The van der Waals surface area contributed by atoms with Crippen LogP contribution < -0.4 is 5.32 Å². The second kappa shape index (κ2) is 7.96. The summed E-state index contributed by atoms with van der Waals surface area (Å²) < 4.78 is 10.9. The van der Waals surface area contributed by atoms with Crippen molar-refractivity contribution in [3.8, 4) is 11.3 Å². The second-order valence-electron chi connectivity index (χ2n) is 7.15. The molecule has 1 aromatic carbocycles. The SMILES string of the molecule is O=C(Nc1cccc(-c2ccco2)c1)C1CCN(C(=O)C2CCCO2)CC1. The molecule has 1 N–H and O–H groups in total. The Morgan fingerprint density at radius 1 is 1.07 bits per heavy atom. The second-order valence-corrected chi connectivity index (χ2v) is 7.15. The average Bonchev–Trinajstić information content (AvgIpc) is 3.42. The lowest BCUT2D eigenvalue weighted by molar-refractivity contribution is -0.143. The average molecular weight is 368 g/mol. The van der Waals surface area contributed by atoms with E-state index in [9.17, 15) is 9.59 Å². The Balaban J connectivity index is 1.32. The highest BCUT2D eigenvalue weighted by molar-refractivity contribution is 5.93. The molecule has 2 amide bonds. The summed E-state index contributed by atoms with van der Waals surface area (Å²) in [5.74, 6) is 0.784. The lowest BCUT2D eigenvalue weighted by Gasteiger charge is -2.32. The highest BCUT2D eigenvalue weighted by Crippen LogP contribution is 2.25. The van der Waals surface area contributed by atoms with Gasteiger partial charge in [-0.15, -0.1) is 0 Å². The minimum absolute atomic E-state index is 0.0100. The number of carbonyl (C=O) groups excluding carboxylic acids is 2. The number of likely N-dealkylation sites (tertiary alicyclic amines) is 1. The van der Waals surface area contributed by atoms with Crippen LogP contribution in [0.25, 0.3) is 11.3 Å². The zero-order valence-corrected chi connectivity index (χ0v) is 15.2. The van der Waals surface area contributed by atoms with Crippen molar-refractivity contribution in [2.45, 2.75) is 31.8 Å². The number of nitrogens with zero attached hydrogens (tertiary/aromatic N) is 1. The lowest BCUT2D eigenvalue weighted by atomic mass is 9.95. The summed E-state index contributed by atoms with van der Waals surface area (Å²) in [5.41, 5.74) is 1.68. The van der Waals surface area contributed by atoms with Crippen LogP contribution in [-0.2, 0) is 14.3 Å². The molecule has 142 valence electrons. The van der Waals surface area contributed by atoms with E-state index in [-0.39, 0.29) is 23.8 Å². The Morgan fingerprint density at radius 2 is 1.93 bits per heavy atom. The van der Waals surface area contributed by atoms with Crippen molar-refractivity contribution >= 4 is 17.5 Å². The fraction of sp³-hybridized carbons (Fsp3) is 0.429. The van der Waals surface area contributed by atoms with Gasteiger partial charge >= 0.3 is 0 Å². The Hall–Kier alpha value is -2.60. The van der Waals surface area contributed by atoms with Gasteiger partial charge < -0.3 is 19.4 Å². The van der Waals surface area contributed by atoms with Crippen LogP contribution in [0.2, 0.25) is 0 Å². The molecule has 27 heavy (non-hydrogen) atoms. The van der Waals surface area contributed by atoms with E-state index in [1.54, 1.807) is 6.26 Å². The fourth-order valence-electron chi connectivity index (χ4n) is 3.78. The Labute approximate surface area is 158 Å². The third-order valence-electron chi connectivity index (χ3n) is 5.32. The molecule has 2 aliphatic rings. The molecule has 0 bridgehead atoms. The third kappa shape index (κ3) is 4.06. The molecule has 0 spiro atoms. The smallest absolute Gasteiger partial charge is 0.251 e. The van der Waals surface area contributed by atoms with Crippen LogP contribution in [0.15, 0.2) is 47.1 Å². The number of carbonyl (C=O) groups is 2. The van der Waals surface area contributed by atoms with E-state index in [1.807, 2.05) is 41.3 Å². The number of piperidine rings is 1. The fourth-order valence-corrected chi connectivity index (χ4v) is 3.78. The molecule has 2 saturated heterocycles. The molecular weight excluding hydrogens is 344 g/mol. The summed E-state index contributed by atoms with van der Waals surface area (Å²) in [6.45, 7) is 1.90. The van der Waals surface area contributed by atoms with Crippen molar-refractivity contribution in [2.24, 2.45) is 5.92 Å². The minimum Gasteiger partial charge on any atom is -0.464 e. The molecular formula is C21H24N2O4. The summed E-state index contributed by atoms with van der Waals surface area (Å²) in [5, 5.41) is 3.00. The van der Waals surface area contributed by atoms with E-state index in [0.717, 1.165) is 29.9 Å². The molecule has 0 radical (unpaired) electrons. The number of benzene rings is 1. The van der Waals surface area contributed by atoms with Gasteiger partial charge in [-0.25, -0.2) is 0 Å². The van der Waals surface area contributed by atoms with Gasteiger partial charge in [0, 0.05) is 36.9 Å². The Kier molecular flexibility index (Phi) is 5.25. The molecule has 4 rings (SSSR count). The normalized spacial score (nSPS) is 20.6. The van der Waals surface area contributed by atoms with Gasteiger partial charge in [-0.3, -0.25) is 9.59 Å². The molecule has 3 heterocycles. The van der Waals surface area contributed by atoms with Crippen molar-refractivity contribution in [1.29, 1.82) is 0 Å². The maximum atomic E-state index is 12.6. The van der Waals surface area contributed by atoms with E-state index >= 15 is 0 Å². The number of ether oxygens (including phenoxy) is 1. The molecule has 6 nitrogen and oxygen atoms in total. The van der Waals surface area contributed by atoms with E-state index in [2.05, 4.69) is 5.32 Å². The third-order valence-corrected chi connectivity index (χ3v) is 5.32. The summed E-state index contributed by atoms with van der Waals surface area (Å²) >= 11 is 0. The first-order valence-corrected chi connectivity index (χ1v) is 9.56. The predicted molar refractivity (Wildman–Crippen MR) is 101 cm³/mol. The van der Waals surface area contributed by atoms with Gasteiger partial charge in [0.2, 0.25) is 5.91 Å². The molecule has 0 saturated carbocycles. The zero-order chi connectivity index (χ0) is 18.6. The van der Waals surface area contributed by atoms with Gasteiger partial charge in [0.1, 0.15) is 11.9 Å². The summed E-state index contributed by atoms with van der Waals surface area (Å²) in [6.07, 6.45) is 4.48. The van der Waals surface area contributed by atoms with Crippen LogP contribution in [0.4, 0.5) is 5.69 Å².